The Morgan fingerprint density at radius 1 is 1.47 bits per heavy atom. The molecule has 1 heterocycles. The van der Waals surface area contributed by atoms with Gasteiger partial charge in [0.1, 0.15) is 0 Å². The summed E-state index contributed by atoms with van der Waals surface area (Å²) < 4.78 is 0. The molecular weight excluding hydrogens is 260 g/mol. The van der Waals surface area contributed by atoms with Gasteiger partial charge < -0.3 is 16.0 Å². The Bertz CT molecular complexity index is 324. The Hall–Kier alpha value is -0.720. The molecule has 0 radical (unpaired) electrons. The van der Waals surface area contributed by atoms with E-state index >= 15 is 0 Å². The lowest BCUT2D eigenvalue weighted by Crippen LogP contribution is -2.55. The molecule has 1 saturated heterocycles. The third-order valence-corrected chi connectivity index (χ3v) is 4.01. The van der Waals surface area contributed by atoms with Crippen molar-refractivity contribution in [2.24, 2.45) is 11.7 Å². The molecule has 1 amide bonds. The van der Waals surface area contributed by atoms with E-state index in [1.165, 1.54) is 0 Å². The summed E-state index contributed by atoms with van der Waals surface area (Å²) in [4.78, 5) is 17.0. The van der Waals surface area contributed by atoms with E-state index in [1.54, 1.807) is 0 Å². The molecule has 0 aromatic rings. The molecule has 0 bridgehead atoms. The van der Waals surface area contributed by atoms with Crippen LogP contribution < -0.4 is 11.1 Å². The first-order chi connectivity index (χ1) is 8.95. The summed E-state index contributed by atoms with van der Waals surface area (Å²) in [7, 11) is 4.21. The topological polar surface area (TPSA) is 61.6 Å². The molecule has 1 rings (SSSR count). The molecule has 110 valence electrons. The summed E-state index contributed by atoms with van der Waals surface area (Å²) in [6, 6.07) is 0.358. The highest BCUT2D eigenvalue weighted by Gasteiger charge is 2.25. The fourth-order valence-electron chi connectivity index (χ4n) is 2.35. The minimum Gasteiger partial charge on any atom is -0.393 e. The van der Waals surface area contributed by atoms with E-state index in [1.807, 2.05) is 6.92 Å². The van der Waals surface area contributed by atoms with Gasteiger partial charge in [0.2, 0.25) is 5.91 Å². The predicted octanol–water partition coefficient (Wildman–Crippen LogP) is 0.0508. The number of nitrogens with two attached hydrogens (primary N) is 1. The Morgan fingerprint density at radius 2 is 2.16 bits per heavy atom. The smallest absolute Gasteiger partial charge is 0.229 e. The molecule has 0 aromatic carbocycles. The number of amides is 1. The zero-order valence-electron chi connectivity index (χ0n) is 12.2. The second-order valence-electron chi connectivity index (χ2n) is 5.39. The van der Waals surface area contributed by atoms with Crippen molar-refractivity contribution < 1.29 is 4.79 Å². The van der Waals surface area contributed by atoms with E-state index in [4.69, 9.17) is 18.0 Å². The van der Waals surface area contributed by atoms with Crippen LogP contribution in [0.2, 0.25) is 0 Å². The minimum absolute atomic E-state index is 0.0315. The Labute approximate surface area is 121 Å². The van der Waals surface area contributed by atoms with Crippen molar-refractivity contribution in [2.75, 3.05) is 40.3 Å². The Balaban J connectivity index is 2.45. The zero-order chi connectivity index (χ0) is 14.4. The predicted molar refractivity (Wildman–Crippen MR) is 82.1 cm³/mol. The summed E-state index contributed by atoms with van der Waals surface area (Å²) in [5.41, 5.74) is 5.63. The average Bonchev–Trinajstić information content (AvgIpc) is 2.36. The van der Waals surface area contributed by atoms with Crippen molar-refractivity contribution in [2.45, 2.75) is 25.8 Å². The van der Waals surface area contributed by atoms with Gasteiger partial charge >= 0.3 is 0 Å². The van der Waals surface area contributed by atoms with Gasteiger partial charge in [-0.05, 0) is 20.5 Å². The van der Waals surface area contributed by atoms with Gasteiger partial charge in [-0.25, -0.2) is 0 Å². The molecule has 0 spiro atoms. The number of nitrogens with one attached hydrogen (secondary N) is 1. The molecule has 0 aromatic heterocycles. The number of rotatable bonds is 6. The molecule has 2 unspecified atom stereocenters. The van der Waals surface area contributed by atoms with Crippen LogP contribution in [-0.2, 0) is 4.79 Å². The number of piperazine rings is 1. The van der Waals surface area contributed by atoms with Crippen LogP contribution in [0.25, 0.3) is 0 Å². The van der Waals surface area contributed by atoms with Gasteiger partial charge in [-0.2, -0.15) is 0 Å². The van der Waals surface area contributed by atoms with Gasteiger partial charge in [0.05, 0.1) is 10.9 Å². The SMILES string of the molecule is CCCC(C(=O)NCC1CN(C)CCN1C)C(N)=S. The lowest BCUT2D eigenvalue weighted by atomic mass is 10.0. The van der Waals surface area contributed by atoms with Gasteiger partial charge in [-0.15, -0.1) is 0 Å². The van der Waals surface area contributed by atoms with E-state index in [2.05, 4.69) is 29.2 Å². The van der Waals surface area contributed by atoms with Crippen LogP contribution in [0.3, 0.4) is 0 Å². The molecule has 5 nitrogen and oxygen atoms in total. The molecule has 0 aliphatic carbocycles. The van der Waals surface area contributed by atoms with E-state index in [-0.39, 0.29) is 11.8 Å². The van der Waals surface area contributed by atoms with Gasteiger partial charge in [0.15, 0.2) is 0 Å². The third kappa shape index (κ3) is 5.04. The van der Waals surface area contributed by atoms with E-state index < -0.39 is 0 Å². The lowest BCUT2D eigenvalue weighted by molar-refractivity contribution is -0.123. The number of hydrogen-bond acceptors (Lipinski definition) is 4. The number of hydrogen-bond donors (Lipinski definition) is 2. The molecule has 1 aliphatic rings. The quantitative estimate of drug-likeness (QED) is 0.676. The largest absolute Gasteiger partial charge is 0.393 e. The molecule has 2 atom stereocenters. The van der Waals surface area contributed by atoms with Gasteiger partial charge in [0, 0.05) is 32.2 Å². The molecule has 0 saturated carbocycles. The van der Waals surface area contributed by atoms with Crippen molar-refractivity contribution in [3.63, 3.8) is 0 Å². The normalized spacial score (nSPS) is 23.0. The first kappa shape index (κ1) is 16.3. The minimum atomic E-state index is -0.327. The summed E-state index contributed by atoms with van der Waals surface area (Å²) >= 11 is 4.97. The van der Waals surface area contributed by atoms with Crippen molar-refractivity contribution in [1.29, 1.82) is 0 Å². The fourth-order valence-corrected chi connectivity index (χ4v) is 2.58. The zero-order valence-corrected chi connectivity index (χ0v) is 13.0. The monoisotopic (exact) mass is 286 g/mol. The summed E-state index contributed by atoms with van der Waals surface area (Å²) in [6.07, 6.45) is 1.63. The number of nitrogens with zero attached hydrogens (tertiary/aromatic N) is 2. The van der Waals surface area contributed by atoms with Gasteiger partial charge in [0.25, 0.3) is 0 Å². The van der Waals surface area contributed by atoms with Crippen molar-refractivity contribution in [1.82, 2.24) is 15.1 Å². The summed E-state index contributed by atoms with van der Waals surface area (Å²) in [5, 5.41) is 2.99. The van der Waals surface area contributed by atoms with Crippen LogP contribution >= 0.6 is 12.2 Å². The van der Waals surface area contributed by atoms with Crippen LogP contribution in [0.5, 0.6) is 0 Å². The molecule has 19 heavy (non-hydrogen) atoms. The van der Waals surface area contributed by atoms with Crippen molar-refractivity contribution in [3.05, 3.63) is 0 Å². The molecule has 3 N–H and O–H groups in total. The highest BCUT2D eigenvalue weighted by Crippen LogP contribution is 2.08. The van der Waals surface area contributed by atoms with Crippen LogP contribution in [0.1, 0.15) is 19.8 Å². The van der Waals surface area contributed by atoms with Crippen LogP contribution in [0, 0.1) is 5.92 Å². The van der Waals surface area contributed by atoms with Gasteiger partial charge in [-0.1, -0.05) is 25.6 Å². The standard InChI is InChI=1S/C13H26N4OS/c1-4-5-11(12(14)19)13(18)15-8-10-9-16(2)6-7-17(10)3/h10-11H,4-9H2,1-3H3,(H2,14,19)(H,15,18). The molecule has 1 fully saturated rings. The van der Waals surface area contributed by atoms with Crippen molar-refractivity contribution >= 4 is 23.1 Å². The number of thiocarbonyl (C=S) groups is 1. The number of carbonyl (C=O) groups is 1. The van der Waals surface area contributed by atoms with Crippen LogP contribution in [0.4, 0.5) is 0 Å². The third-order valence-electron chi connectivity index (χ3n) is 3.73. The second kappa shape index (κ2) is 7.77. The van der Waals surface area contributed by atoms with E-state index in [0.717, 1.165) is 32.5 Å². The number of likely N-dealkylation sites (N-methyl/N-ethyl adjacent to an activating group) is 2. The molecule has 1 aliphatic heterocycles. The lowest BCUT2D eigenvalue weighted by Gasteiger charge is -2.37. The molecular formula is C13H26N4OS. The van der Waals surface area contributed by atoms with Crippen LogP contribution in [0.15, 0.2) is 0 Å². The average molecular weight is 286 g/mol. The van der Waals surface area contributed by atoms with E-state index in [9.17, 15) is 4.79 Å². The maximum atomic E-state index is 12.1. The second-order valence-corrected chi connectivity index (χ2v) is 5.86. The summed E-state index contributed by atoms with van der Waals surface area (Å²) in [5.74, 6) is -0.359. The maximum absolute atomic E-state index is 12.1. The van der Waals surface area contributed by atoms with Crippen molar-refractivity contribution in [3.8, 4) is 0 Å². The van der Waals surface area contributed by atoms with E-state index in [0.29, 0.717) is 17.6 Å². The highest BCUT2D eigenvalue weighted by molar-refractivity contribution is 7.80. The summed E-state index contributed by atoms with van der Waals surface area (Å²) in [6.45, 7) is 5.77. The van der Waals surface area contributed by atoms with Gasteiger partial charge in [-0.3, -0.25) is 9.69 Å². The fraction of sp³-hybridized carbons (Fsp3) is 0.846. The number of carbonyl (C=O) groups excluding carboxylic acids is 1. The first-order valence-electron chi connectivity index (χ1n) is 6.91. The molecule has 6 heteroatoms. The van der Waals surface area contributed by atoms with Crippen LogP contribution in [-0.4, -0.2) is 67.0 Å². The highest BCUT2D eigenvalue weighted by atomic mass is 32.1. The first-order valence-corrected chi connectivity index (χ1v) is 7.32. The Morgan fingerprint density at radius 3 is 2.74 bits per heavy atom. The Kier molecular flexibility index (Phi) is 6.68. The maximum Gasteiger partial charge on any atom is 0.229 e.